The van der Waals surface area contributed by atoms with E-state index in [4.69, 9.17) is 0 Å². The van der Waals surface area contributed by atoms with E-state index in [2.05, 4.69) is 5.10 Å². The maximum Gasteiger partial charge on any atom is 0.264 e. The highest BCUT2D eigenvalue weighted by atomic mass is 32.2. The summed E-state index contributed by atoms with van der Waals surface area (Å²) in [7, 11) is -3.80. The van der Waals surface area contributed by atoms with Gasteiger partial charge in [0.2, 0.25) is 0 Å². The minimum atomic E-state index is -3.80. The summed E-state index contributed by atoms with van der Waals surface area (Å²) >= 11 is 0. The van der Waals surface area contributed by atoms with Gasteiger partial charge in [-0.15, -0.1) is 0 Å². The Bertz CT molecular complexity index is 986. The normalized spacial score (nSPS) is 12.7. The van der Waals surface area contributed by atoms with E-state index in [1.165, 1.54) is 4.31 Å². The SMILES string of the molecule is Cc1cc(C)n(C[C@H](O)CN(c2ccccc2)S(=O)(=O)c2ccccc2)n1. The zero-order chi connectivity index (χ0) is 19.4. The molecule has 0 saturated heterocycles. The zero-order valence-corrected chi connectivity index (χ0v) is 16.2. The summed E-state index contributed by atoms with van der Waals surface area (Å²) in [5, 5.41) is 15.0. The van der Waals surface area contributed by atoms with Crippen molar-refractivity contribution in [3.05, 3.63) is 78.1 Å². The van der Waals surface area contributed by atoms with Gasteiger partial charge in [-0.3, -0.25) is 8.99 Å². The van der Waals surface area contributed by atoms with Crippen molar-refractivity contribution in [1.29, 1.82) is 0 Å². The molecule has 0 amide bonds. The first-order chi connectivity index (χ1) is 12.9. The second kappa shape index (κ2) is 7.94. The Balaban J connectivity index is 1.90. The summed E-state index contributed by atoms with van der Waals surface area (Å²) in [5.74, 6) is 0. The number of aromatic nitrogens is 2. The molecule has 0 saturated carbocycles. The first-order valence-corrected chi connectivity index (χ1v) is 10.1. The minimum Gasteiger partial charge on any atom is -0.389 e. The Hall–Kier alpha value is -2.64. The lowest BCUT2D eigenvalue weighted by Crippen LogP contribution is -2.39. The van der Waals surface area contributed by atoms with Crippen LogP contribution in [0.1, 0.15) is 11.4 Å². The molecule has 1 heterocycles. The molecule has 0 aliphatic rings. The van der Waals surface area contributed by atoms with Crippen molar-refractivity contribution >= 4 is 15.7 Å². The fraction of sp³-hybridized carbons (Fsp3) is 0.250. The molecule has 1 N–H and O–H groups in total. The lowest BCUT2D eigenvalue weighted by Gasteiger charge is -2.27. The van der Waals surface area contributed by atoms with Crippen LogP contribution in [0.5, 0.6) is 0 Å². The molecule has 3 rings (SSSR count). The van der Waals surface area contributed by atoms with Crippen molar-refractivity contribution in [3.63, 3.8) is 0 Å². The molecule has 27 heavy (non-hydrogen) atoms. The highest BCUT2D eigenvalue weighted by Gasteiger charge is 2.27. The predicted octanol–water partition coefficient (Wildman–Crippen LogP) is 2.76. The molecule has 7 heteroatoms. The molecular weight excluding hydrogens is 362 g/mol. The maximum absolute atomic E-state index is 13.2. The molecule has 1 atom stereocenters. The van der Waals surface area contributed by atoms with Crippen LogP contribution in [-0.4, -0.2) is 36.0 Å². The van der Waals surface area contributed by atoms with Gasteiger partial charge < -0.3 is 5.11 Å². The predicted molar refractivity (Wildman–Crippen MR) is 105 cm³/mol. The van der Waals surface area contributed by atoms with Crippen LogP contribution in [0.25, 0.3) is 0 Å². The van der Waals surface area contributed by atoms with Gasteiger partial charge >= 0.3 is 0 Å². The number of para-hydroxylation sites is 1. The number of aliphatic hydroxyl groups excluding tert-OH is 1. The summed E-state index contributed by atoms with van der Waals surface area (Å²) in [6.07, 6.45) is -0.915. The summed E-state index contributed by atoms with van der Waals surface area (Å²) in [5.41, 5.74) is 2.29. The van der Waals surface area contributed by atoms with Gasteiger partial charge in [-0.1, -0.05) is 36.4 Å². The van der Waals surface area contributed by atoms with Crippen LogP contribution in [0.2, 0.25) is 0 Å². The van der Waals surface area contributed by atoms with Gasteiger partial charge in [0.15, 0.2) is 0 Å². The van der Waals surface area contributed by atoms with Crippen molar-refractivity contribution in [2.45, 2.75) is 31.4 Å². The molecule has 0 spiro atoms. The third kappa shape index (κ3) is 4.37. The van der Waals surface area contributed by atoms with Crippen LogP contribution in [0.15, 0.2) is 71.6 Å². The lowest BCUT2D eigenvalue weighted by atomic mass is 10.3. The zero-order valence-electron chi connectivity index (χ0n) is 15.4. The van der Waals surface area contributed by atoms with Gasteiger partial charge in [0.1, 0.15) is 0 Å². The number of sulfonamides is 1. The number of nitrogens with zero attached hydrogens (tertiary/aromatic N) is 3. The quantitative estimate of drug-likeness (QED) is 0.679. The third-order valence-electron chi connectivity index (χ3n) is 4.24. The van der Waals surface area contributed by atoms with Gasteiger partial charge in [0.25, 0.3) is 10.0 Å². The molecule has 0 aliphatic heterocycles. The fourth-order valence-electron chi connectivity index (χ4n) is 2.96. The standard InChI is InChI=1S/C20H23N3O3S/c1-16-13-17(2)22(21-16)14-19(24)15-23(18-9-5-3-6-10-18)27(25,26)20-11-7-4-8-12-20/h3-13,19,24H,14-15H2,1-2H3/t19-/m0/s1. The average Bonchev–Trinajstić information content (AvgIpc) is 2.98. The van der Waals surface area contributed by atoms with Crippen molar-refractivity contribution in [1.82, 2.24) is 9.78 Å². The summed E-state index contributed by atoms with van der Waals surface area (Å²) in [6, 6.07) is 19.0. The Morgan fingerprint density at radius 3 is 2.19 bits per heavy atom. The molecule has 2 aromatic carbocycles. The second-order valence-corrected chi connectivity index (χ2v) is 8.31. The number of aryl methyl sites for hydroxylation is 2. The van der Waals surface area contributed by atoms with Crippen LogP contribution in [0.3, 0.4) is 0 Å². The summed E-state index contributed by atoms with van der Waals surface area (Å²) in [6.45, 7) is 3.93. The Kier molecular flexibility index (Phi) is 5.62. The maximum atomic E-state index is 13.2. The molecule has 0 unspecified atom stereocenters. The molecule has 0 radical (unpaired) electrons. The van der Waals surface area contributed by atoms with E-state index in [-0.39, 0.29) is 18.0 Å². The van der Waals surface area contributed by atoms with E-state index in [9.17, 15) is 13.5 Å². The average molecular weight is 385 g/mol. The Morgan fingerprint density at radius 2 is 1.63 bits per heavy atom. The molecule has 6 nitrogen and oxygen atoms in total. The van der Waals surface area contributed by atoms with Crippen LogP contribution >= 0.6 is 0 Å². The fourth-order valence-corrected chi connectivity index (χ4v) is 4.49. The molecule has 0 fully saturated rings. The number of hydrogen-bond donors (Lipinski definition) is 1. The number of benzene rings is 2. The topological polar surface area (TPSA) is 75.4 Å². The molecule has 0 aliphatic carbocycles. The number of rotatable bonds is 7. The molecule has 1 aromatic heterocycles. The van der Waals surface area contributed by atoms with Crippen LogP contribution < -0.4 is 4.31 Å². The summed E-state index contributed by atoms with van der Waals surface area (Å²) in [4.78, 5) is 0.187. The molecular formula is C20H23N3O3S. The van der Waals surface area contributed by atoms with Gasteiger partial charge in [0, 0.05) is 5.69 Å². The highest BCUT2D eigenvalue weighted by molar-refractivity contribution is 7.92. The first kappa shape index (κ1) is 19.1. The van der Waals surface area contributed by atoms with E-state index < -0.39 is 16.1 Å². The van der Waals surface area contributed by atoms with Crippen LogP contribution in [-0.2, 0) is 16.6 Å². The molecule has 3 aromatic rings. The second-order valence-electron chi connectivity index (χ2n) is 6.45. The van der Waals surface area contributed by atoms with Crippen molar-refractivity contribution in [2.75, 3.05) is 10.8 Å². The highest BCUT2D eigenvalue weighted by Crippen LogP contribution is 2.24. The number of hydrogen-bond acceptors (Lipinski definition) is 4. The van der Waals surface area contributed by atoms with Crippen molar-refractivity contribution in [3.8, 4) is 0 Å². The Morgan fingerprint density at radius 1 is 1.04 bits per heavy atom. The van der Waals surface area contributed by atoms with Gasteiger partial charge in [-0.05, 0) is 44.2 Å². The number of anilines is 1. The van der Waals surface area contributed by atoms with Gasteiger partial charge in [0.05, 0.1) is 35.5 Å². The minimum absolute atomic E-state index is 0.0699. The monoisotopic (exact) mass is 385 g/mol. The van der Waals surface area contributed by atoms with E-state index in [0.717, 1.165) is 11.4 Å². The van der Waals surface area contributed by atoms with Crippen LogP contribution in [0, 0.1) is 13.8 Å². The van der Waals surface area contributed by atoms with Crippen LogP contribution in [0.4, 0.5) is 5.69 Å². The van der Waals surface area contributed by atoms with Gasteiger partial charge in [-0.2, -0.15) is 5.10 Å². The number of aliphatic hydroxyl groups is 1. The van der Waals surface area contributed by atoms with E-state index in [0.29, 0.717) is 5.69 Å². The van der Waals surface area contributed by atoms with Gasteiger partial charge in [-0.25, -0.2) is 8.42 Å². The molecule has 0 bridgehead atoms. The van der Waals surface area contributed by atoms with E-state index >= 15 is 0 Å². The largest absolute Gasteiger partial charge is 0.389 e. The van der Waals surface area contributed by atoms with E-state index in [1.54, 1.807) is 59.3 Å². The summed E-state index contributed by atoms with van der Waals surface area (Å²) < 4.78 is 29.3. The third-order valence-corrected chi connectivity index (χ3v) is 6.05. The van der Waals surface area contributed by atoms with Crippen molar-refractivity contribution in [2.24, 2.45) is 0 Å². The van der Waals surface area contributed by atoms with Crippen molar-refractivity contribution < 1.29 is 13.5 Å². The Labute approximate surface area is 159 Å². The lowest BCUT2D eigenvalue weighted by molar-refractivity contribution is 0.157. The molecule has 142 valence electrons. The first-order valence-electron chi connectivity index (χ1n) is 8.70. The smallest absolute Gasteiger partial charge is 0.264 e. The van der Waals surface area contributed by atoms with E-state index in [1.807, 2.05) is 26.0 Å².